The molecule has 1 unspecified atom stereocenters. The summed E-state index contributed by atoms with van der Waals surface area (Å²) in [7, 11) is 2.07. The quantitative estimate of drug-likeness (QED) is 0.811. The maximum Gasteiger partial charge on any atom is 0.0449 e. The van der Waals surface area contributed by atoms with Crippen LogP contribution in [0.5, 0.6) is 0 Å². The van der Waals surface area contributed by atoms with E-state index in [-0.39, 0.29) is 0 Å². The van der Waals surface area contributed by atoms with Crippen LogP contribution in [0.2, 0.25) is 0 Å². The topological polar surface area (TPSA) is 15.3 Å². The number of nitrogens with one attached hydrogen (secondary N) is 1. The fraction of sp³-hybridized carbons (Fsp3) is 0.600. The molecule has 0 bridgehead atoms. The highest BCUT2D eigenvalue weighted by Crippen LogP contribution is 2.29. The van der Waals surface area contributed by atoms with Gasteiger partial charge in [0.25, 0.3) is 0 Å². The number of likely N-dealkylation sites (N-methyl/N-ethyl adjacent to an activating group) is 2. The lowest BCUT2D eigenvalue weighted by molar-refractivity contribution is 0.248. The summed E-state index contributed by atoms with van der Waals surface area (Å²) in [6.45, 7) is 6.76. The molecular weight excluding hydrogens is 208 g/mol. The molecule has 0 radical (unpaired) electrons. The summed E-state index contributed by atoms with van der Waals surface area (Å²) in [6, 6.07) is 10.0. The van der Waals surface area contributed by atoms with E-state index >= 15 is 0 Å². The van der Waals surface area contributed by atoms with E-state index in [2.05, 4.69) is 55.4 Å². The van der Waals surface area contributed by atoms with Gasteiger partial charge in [0.1, 0.15) is 0 Å². The Morgan fingerprint density at radius 1 is 1.35 bits per heavy atom. The van der Waals surface area contributed by atoms with Crippen LogP contribution in [-0.4, -0.2) is 31.1 Å². The van der Waals surface area contributed by atoms with Crippen LogP contribution < -0.4 is 5.32 Å². The van der Waals surface area contributed by atoms with Crippen molar-refractivity contribution < 1.29 is 0 Å². The number of aryl methyl sites for hydroxylation is 1. The molecule has 1 saturated carbocycles. The van der Waals surface area contributed by atoms with Crippen LogP contribution in [0.4, 0.5) is 0 Å². The van der Waals surface area contributed by atoms with Crippen molar-refractivity contribution in [3.8, 4) is 0 Å². The molecule has 1 N–H and O–H groups in total. The van der Waals surface area contributed by atoms with Gasteiger partial charge < -0.3 is 5.32 Å². The molecule has 0 heterocycles. The van der Waals surface area contributed by atoms with Crippen LogP contribution in [0.3, 0.4) is 0 Å². The van der Waals surface area contributed by atoms with Gasteiger partial charge in [-0.05, 0) is 44.5 Å². The van der Waals surface area contributed by atoms with Crippen molar-refractivity contribution in [3.05, 3.63) is 35.4 Å². The summed E-state index contributed by atoms with van der Waals surface area (Å²) in [6.07, 6.45) is 2.77. The predicted molar refractivity (Wildman–Crippen MR) is 73.2 cm³/mol. The number of hydrogen-bond donors (Lipinski definition) is 1. The highest BCUT2D eigenvalue weighted by molar-refractivity contribution is 5.29. The molecule has 2 rings (SSSR count). The molecule has 1 fully saturated rings. The first-order chi connectivity index (χ1) is 8.26. The maximum absolute atomic E-state index is 3.46. The third kappa shape index (κ3) is 3.08. The number of benzene rings is 1. The van der Waals surface area contributed by atoms with Gasteiger partial charge in [0.05, 0.1) is 0 Å². The molecule has 0 saturated heterocycles. The fourth-order valence-electron chi connectivity index (χ4n) is 2.53. The Labute approximate surface area is 105 Å². The Balaban J connectivity index is 2.07. The largest absolute Gasteiger partial charge is 0.312 e. The normalized spacial score (nSPS) is 17.4. The van der Waals surface area contributed by atoms with Crippen LogP contribution in [0.15, 0.2) is 24.3 Å². The molecule has 17 heavy (non-hydrogen) atoms. The van der Waals surface area contributed by atoms with E-state index in [1.165, 1.54) is 24.0 Å². The monoisotopic (exact) mass is 232 g/mol. The summed E-state index contributed by atoms with van der Waals surface area (Å²) >= 11 is 0. The Hall–Kier alpha value is -0.860. The van der Waals surface area contributed by atoms with Crippen molar-refractivity contribution in [3.63, 3.8) is 0 Å². The van der Waals surface area contributed by atoms with Crippen molar-refractivity contribution in [2.24, 2.45) is 0 Å². The minimum Gasteiger partial charge on any atom is -0.312 e. The second-order valence-corrected chi connectivity index (χ2v) is 5.02. The van der Waals surface area contributed by atoms with Crippen molar-refractivity contribution >= 4 is 0 Å². The first-order valence-electron chi connectivity index (χ1n) is 6.73. The van der Waals surface area contributed by atoms with Gasteiger partial charge in [-0.2, -0.15) is 0 Å². The molecule has 94 valence electrons. The molecule has 0 amide bonds. The summed E-state index contributed by atoms with van der Waals surface area (Å²) in [5.41, 5.74) is 2.83. The average Bonchev–Trinajstić information content (AvgIpc) is 3.16. The van der Waals surface area contributed by atoms with Gasteiger partial charge in [-0.15, -0.1) is 0 Å². The van der Waals surface area contributed by atoms with E-state index in [1.54, 1.807) is 0 Å². The minimum atomic E-state index is 0.455. The van der Waals surface area contributed by atoms with Gasteiger partial charge in [0, 0.05) is 18.6 Å². The van der Waals surface area contributed by atoms with Crippen LogP contribution >= 0.6 is 0 Å². The number of rotatable bonds is 6. The zero-order valence-corrected chi connectivity index (χ0v) is 11.2. The Morgan fingerprint density at radius 3 is 2.59 bits per heavy atom. The van der Waals surface area contributed by atoms with Gasteiger partial charge in [0.2, 0.25) is 0 Å². The Morgan fingerprint density at radius 2 is 2.06 bits per heavy atom. The third-order valence-electron chi connectivity index (χ3n) is 3.80. The minimum absolute atomic E-state index is 0.455. The van der Waals surface area contributed by atoms with E-state index in [0.29, 0.717) is 6.04 Å². The Bertz CT molecular complexity index is 358. The van der Waals surface area contributed by atoms with Crippen LogP contribution in [0, 0.1) is 6.92 Å². The fourth-order valence-corrected chi connectivity index (χ4v) is 2.53. The van der Waals surface area contributed by atoms with Gasteiger partial charge in [-0.1, -0.05) is 31.2 Å². The lowest BCUT2D eigenvalue weighted by atomic mass is 10.0. The molecule has 0 aromatic heterocycles. The van der Waals surface area contributed by atoms with Crippen molar-refractivity contribution in [1.82, 2.24) is 10.2 Å². The zero-order chi connectivity index (χ0) is 12.3. The molecule has 2 heteroatoms. The lowest BCUT2D eigenvalue weighted by Crippen LogP contribution is -2.35. The molecule has 1 aromatic carbocycles. The number of hydrogen-bond acceptors (Lipinski definition) is 2. The van der Waals surface area contributed by atoms with Crippen LogP contribution in [0.25, 0.3) is 0 Å². The average molecular weight is 232 g/mol. The van der Waals surface area contributed by atoms with E-state index in [9.17, 15) is 0 Å². The summed E-state index contributed by atoms with van der Waals surface area (Å²) in [4.78, 5) is 2.60. The van der Waals surface area contributed by atoms with Crippen LogP contribution in [-0.2, 0) is 0 Å². The molecular formula is C15H24N2. The van der Waals surface area contributed by atoms with Gasteiger partial charge in [-0.3, -0.25) is 4.90 Å². The van der Waals surface area contributed by atoms with Crippen molar-refractivity contribution in [1.29, 1.82) is 0 Å². The zero-order valence-electron chi connectivity index (χ0n) is 11.2. The van der Waals surface area contributed by atoms with Gasteiger partial charge in [-0.25, -0.2) is 0 Å². The molecule has 1 aromatic rings. The van der Waals surface area contributed by atoms with Crippen molar-refractivity contribution in [2.45, 2.75) is 38.8 Å². The molecule has 0 spiro atoms. The predicted octanol–water partition coefficient (Wildman–Crippen LogP) is 2.74. The van der Waals surface area contributed by atoms with Gasteiger partial charge >= 0.3 is 0 Å². The summed E-state index contributed by atoms with van der Waals surface area (Å²) < 4.78 is 0. The summed E-state index contributed by atoms with van der Waals surface area (Å²) in [5.74, 6) is 0. The van der Waals surface area contributed by atoms with E-state index in [0.717, 1.165) is 19.1 Å². The molecule has 0 aliphatic heterocycles. The second-order valence-electron chi connectivity index (χ2n) is 5.02. The summed E-state index contributed by atoms with van der Waals surface area (Å²) in [5, 5.41) is 3.46. The van der Waals surface area contributed by atoms with Gasteiger partial charge in [0.15, 0.2) is 0 Å². The van der Waals surface area contributed by atoms with E-state index in [4.69, 9.17) is 0 Å². The van der Waals surface area contributed by atoms with Crippen molar-refractivity contribution in [2.75, 3.05) is 20.1 Å². The lowest BCUT2D eigenvalue weighted by Gasteiger charge is -2.27. The molecule has 1 atom stereocenters. The highest BCUT2D eigenvalue weighted by Gasteiger charge is 2.29. The maximum atomic E-state index is 3.46. The third-order valence-corrected chi connectivity index (χ3v) is 3.80. The van der Waals surface area contributed by atoms with E-state index in [1.807, 2.05) is 0 Å². The molecule has 2 nitrogen and oxygen atoms in total. The second kappa shape index (κ2) is 5.65. The first kappa shape index (κ1) is 12.6. The standard InChI is InChI=1S/C15H24N2/c1-4-17(13-9-10-13)11-15(16-3)14-8-6-5-7-12(14)2/h5-8,13,15-16H,4,9-11H2,1-3H3. The molecule has 1 aliphatic carbocycles. The van der Waals surface area contributed by atoms with Crippen LogP contribution in [0.1, 0.15) is 36.9 Å². The highest BCUT2D eigenvalue weighted by atomic mass is 15.2. The van der Waals surface area contributed by atoms with E-state index < -0.39 is 0 Å². The first-order valence-corrected chi connectivity index (χ1v) is 6.73. The number of nitrogens with zero attached hydrogens (tertiary/aromatic N) is 1. The molecule has 1 aliphatic rings. The smallest absolute Gasteiger partial charge is 0.0449 e. The Kier molecular flexibility index (Phi) is 4.19. The SMILES string of the molecule is CCN(CC(NC)c1ccccc1C)C1CC1.